The van der Waals surface area contributed by atoms with Gasteiger partial charge in [-0.15, -0.1) is 11.3 Å². The van der Waals surface area contributed by atoms with E-state index in [4.69, 9.17) is 4.74 Å². The number of halogens is 1. The topological polar surface area (TPSA) is 74.2 Å². The molecule has 31 heavy (non-hydrogen) atoms. The average Bonchev–Trinajstić information content (AvgIpc) is 3.45. The Morgan fingerprint density at radius 1 is 1.32 bits per heavy atom. The zero-order valence-electron chi connectivity index (χ0n) is 17.7. The van der Waals surface area contributed by atoms with Gasteiger partial charge in [0.05, 0.1) is 23.2 Å². The van der Waals surface area contributed by atoms with Crippen LogP contribution in [0.15, 0.2) is 46.9 Å². The molecule has 7 nitrogen and oxygen atoms in total. The lowest BCUT2D eigenvalue weighted by molar-refractivity contribution is -0.133. The number of hydrogen-bond donors (Lipinski definition) is 1. The van der Waals surface area contributed by atoms with Crippen LogP contribution in [0.4, 0.5) is 9.18 Å². The summed E-state index contributed by atoms with van der Waals surface area (Å²) < 4.78 is 18.5. The van der Waals surface area contributed by atoms with Crippen molar-refractivity contribution in [2.24, 2.45) is 5.10 Å². The van der Waals surface area contributed by atoms with Crippen LogP contribution in [0.1, 0.15) is 36.2 Å². The van der Waals surface area contributed by atoms with E-state index >= 15 is 0 Å². The number of nitrogens with one attached hydrogen (secondary N) is 1. The van der Waals surface area contributed by atoms with Gasteiger partial charge in [-0.3, -0.25) is 4.79 Å². The molecule has 0 aliphatic carbocycles. The minimum atomic E-state index is -0.354. The van der Waals surface area contributed by atoms with Crippen LogP contribution in [0.2, 0.25) is 0 Å². The molecule has 1 atom stereocenters. The quantitative estimate of drug-likeness (QED) is 0.639. The Kier molecular flexibility index (Phi) is 8.13. The molecule has 2 aromatic rings. The van der Waals surface area contributed by atoms with Crippen molar-refractivity contribution in [3.05, 3.63) is 58.0 Å². The lowest BCUT2D eigenvalue weighted by Gasteiger charge is -2.27. The van der Waals surface area contributed by atoms with Gasteiger partial charge in [0, 0.05) is 26.6 Å². The summed E-state index contributed by atoms with van der Waals surface area (Å²) >= 11 is 1.55. The molecule has 1 aromatic carbocycles. The van der Waals surface area contributed by atoms with Crippen molar-refractivity contribution in [3.63, 3.8) is 0 Å². The van der Waals surface area contributed by atoms with E-state index in [1.54, 1.807) is 30.6 Å². The maximum Gasteiger partial charge on any atom is 0.317 e. The van der Waals surface area contributed by atoms with Gasteiger partial charge in [-0.25, -0.2) is 14.2 Å². The second-order valence-electron chi connectivity index (χ2n) is 7.18. The number of amides is 3. The lowest BCUT2D eigenvalue weighted by Crippen LogP contribution is -2.47. The molecule has 3 amide bonds. The minimum Gasteiger partial charge on any atom is -0.383 e. The molecule has 1 N–H and O–H groups in total. The number of methoxy groups -OCH3 is 1. The van der Waals surface area contributed by atoms with Crippen LogP contribution in [0.25, 0.3) is 0 Å². The number of carbonyl (C=O) groups excluding carboxylic acids is 2. The third kappa shape index (κ3) is 5.89. The summed E-state index contributed by atoms with van der Waals surface area (Å²) in [4.78, 5) is 28.2. The molecule has 0 saturated carbocycles. The Bertz CT molecular complexity index is 902. The largest absolute Gasteiger partial charge is 0.383 e. The van der Waals surface area contributed by atoms with E-state index in [0.717, 1.165) is 22.6 Å². The second kappa shape index (κ2) is 11.0. The number of hydrogen-bond acceptors (Lipinski definition) is 5. The van der Waals surface area contributed by atoms with Crippen molar-refractivity contribution >= 4 is 29.0 Å². The van der Waals surface area contributed by atoms with Crippen LogP contribution < -0.4 is 5.32 Å². The van der Waals surface area contributed by atoms with Crippen LogP contribution in [-0.4, -0.2) is 60.9 Å². The molecule has 1 aliphatic rings. The van der Waals surface area contributed by atoms with Gasteiger partial charge in [-0.2, -0.15) is 5.10 Å². The molecular formula is C22H27FN4O3S. The van der Waals surface area contributed by atoms with Crippen molar-refractivity contribution in [3.8, 4) is 0 Å². The summed E-state index contributed by atoms with van der Waals surface area (Å²) in [6, 6.07) is 9.33. The zero-order valence-corrected chi connectivity index (χ0v) is 18.5. The number of ether oxygens (including phenoxy) is 1. The van der Waals surface area contributed by atoms with E-state index in [2.05, 4.69) is 10.4 Å². The predicted molar refractivity (Wildman–Crippen MR) is 119 cm³/mol. The molecule has 166 valence electrons. The summed E-state index contributed by atoms with van der Waals surface area (Å²) in [5, 5.41) is 10.8. The number of carbonyl (C=O) groups is 2. The highest BCUT2D eigenvalue weighted by Crippen LogP contribution is 2.34. The minimum absolute atomic E-state index is 0.127. The fourth-order valence-corrected chi connectivity index (χ4v) is 4.03. The van der Waals surface area contributed by atoms with Crippen molar-refractivity contribution in [1.29, 1.82) is 0 Å². The number of hydrazone groups is 1. The normalized spacial score (nSPS) is 15.6. The van der Waals surface area contributed by atoms with Gasteiger partial charge in [-0.05, 0) is 35.6 Å². The first-order valence-corrected chi connectivity index (χ1v) is 11.1. The summed E-state index contributed by atoms with van der Waals surface area (Å²) in [5.74, 6) is -0.638. The van der Waals surface area contributed by atoms with Gasteiger partial charge in [0.25, 0.3) is 5.91 Å². The third-order valence-corrected chi connectivity index (χ3v) is 5.85. The standard InChI is InChI=1S/C22H27FN4O3S/c1-3-10-24-22(29)26(11-12-30-2)15-21(28)27-19(16-6-8-17(23)9-7-16)14-18(25-27)20-5-4-13-31-20/h4-9,13,19H,3,10-12,14-15H2,1-2H3,(H,24,29). The second-order valence-corrected chi connectivity index (χ2v) is 8.13. The number of urea groups is 1. The fourth-order valence-electron chi connectivity index (χ4n) is 3.31. The summed E-state index contributed by atoms with van der Waals surface area (Å²) in [6.07, 6.45) is 1.32. The molecule has 0 radical (unpaired) electrons. The highest BCUT2D eigenvalue weighted by molar-refractivity contribution is 7.12. The number of nitrogens with zero attached hydrogens (tertiary/aromatic N) is 3. The Morgan fingerprint density at radius 2 is 2.10 bits per heavy atom. The summed E-state index contributed by atoms with van der Waals surface area (Å²) in [7, 11) is 1.55. The van der Waals surface area contributed by atoms with Crippen LogP contribution in [-0.2, 0) is 9.53 Å². The van der Waals surface area contributed by atoms with E-state index < -0.39 is 0 Å². The lowest BCUT2D eigenvalue weighted by atomic mass is 10.0. The van der Waals surface area contributed by atoms with Crippen molar-refractivity contribution in [1.82, 2.24) is 15.2 Å². The monoisotopic (exact) mass is 446 g/mol. The highest BCUT2D eigenvalue weighted by Gasteiger charge is 2.34. The fraction of sp³-hybridized carbons (Fsp3) is 0.409. The first-order chi connectivity index (χ1) is 15.0. The van der Waals surface area contributed by atoms with Crippen LogP contribution >= 0.6 is 11.3 Å². The van der Waals surface area contributed by atoms with E-state index in [1.165, 1.54) is 22.0 Å². The Labute approximate surface area is 185 Å². The summed E-state index contributed by atoms with van der Waals surface area (Å²) in [5.41, 5.74) is 1.60. The maximum atomic E-state index is 13.4. The van der Waals surface area contributed by atoms with E-state index in [0.29, 0.717) is 19.6 Å². The zero-order chi connectivity index (χ0) is 22.2. The molecule has 9 heteroatoms. The van der Waals surface area contributed by atoms with Crippen LogP contribution in [0, 0.1) is 5.82 Å². The third-order valence-electron chi connectivity index (χ3n) is 4.93. The molecule has 1 aromatic heterocycles. The molecule has 0 fully saturated rings. The number of thiophene rings is 1. The maximum absolute atomic E-state index is 13.4. The van der Waals surface area contributed by atoms with Gasteiger partial charge in [0.2, 0.25) is 0 Å². The predicted octanol–water partition coefficient (Wildman–Crippen LogP) is 3.63. The van der Waals surface area contributed by atoms with Crippen molar-refractivity contribution in [2.45, 2.75) is 25.8 Å². The molecule has 0 saturated heterocycles. The number of benzene rings is 1. The van der Waals surface area contributed by atoms with E-state index in [-0.39, 0.29) is 36.9 Å². The van der Waals surface area contributed by atoms with Gasteiger partial charge >= 0.3 is 6.03 Å². The van der Waals surface area contributed by atoms with Crippen molar-refractivity contribution < 1.29 is 18.7 Å². The Hall–Kier alpha value is -2.78. The highest BCUT2D eigenvalue weighted by atomic mass is 32.1. The molecule has 0 spiro atoms. The summed E-state index contributed by atoms with van der Waals surface area (Å²) in [6.45, 7) is 2.96. The van der Waals surface area contributed by atoms with Gasteiger partial charge in [-0.1, -0.05) is 25.1 Å². The first-order valence-electron chi connectivity index (χ1n) is 10.2. The molecule has 0 bridgehead atoms. The van der Waals surface area contributed by atoms with Gasteiger partial charge in [0.15, 0.2) is 0 Å². The Morgan fingerprint density at radius 3 is 2.74 bits per heavy atom. The van der Waals surface area contributed by atoms with Crippen LogP contribution in [0.5, 0.6) is 0 Å². The molecule has 2 heterocycles. The van der Waals surface area contributed by atoms with Crippen LogP contribution in [0.3, 0.4) is 0 Å². The first kappa shape index (κ1) is 22.9. The van der Waals surface area contributed by atoms with E-state index in [1.807, 2.05) is 24.4 Å². The van der Waals surface area contributed by atoms with Gasteiger partial charge in [0.1, 0.15) is 12.4 Å². The Balaban J connectivity index is 1.82. The van der Waals surface area contributed by atoms with E-state index in [9.17, 15) is 14.0 Å². The smallest absolute Gasteiger partial charge is 0.317 e. The molecule has 1 aliphatic heterocycles. The van der Waals surface area contributed by atoms with Crippen molar-refractivity contribution in [2.75, 3.05) is 33.4 Å². The molecule has 3 rings (SSSR count). The number of rotatable bonds is 9. The van der Waals surface area contributed by atoms with Gasteiger partial charge < -0.3 is 15.0 Å². The molecule has 1 unspecified atom stereocenters. The SMILES string of the molecule is CCCNC(=O)N(CCOC)CC(=O)N1N=C(c2cccs2)CC1c1ccc(F)cc1. The average molecular weight is 447 g/mol. The molecular weight excluding hydrogens is 419 g/mol.